The van der Waals surface area contributed by atoms with Gasteiger partial charge in [-0.2, -0.15) is 4.31 Å². The number of carbonyl (C=O) groups is 2. The van der Waals surface area contributed by atoms with Crippen LogP contribution < -0.4 is 10.1 Å². The fourth-order valence-electron chi connectivity index (χ4n) is 3.55. The Morgan fingerprint density at radius 2 is 1.78 bits per heavy atom. The highest BCUT2D eigenvalue weighted by molar-refractivity contribution is 7.89. The number of sulfonamides is 1. The van der Waals surface area contributed by atoms with Crippen molar-refractivity contribution in [2.45, 2.75) is 38.5 Å². The van der Waals surface area contributed by atoms with Crippen molar-refractivity contribution < 1.29 is 27.5 Å². The van der Waals surface area contributed by atoms with Crippen molar-refractivity contribution in [2.24, 2.45) is 5.92 Å². The lowest BCUT2D eigenvalue weighted by Gasteiger charge is -2.30. The van der Waals surface area contributed by atoms with Gasteiger partial charge in [0.05, 0.1) is 23.1 Å². The third-order valence-corrected chi connectivity index (χ3v) is 8.27. The predicted octanol–water partition coefficient (Wildman–Crippen LogP) is 3.67. The van der Waals surface area contributed by atoms with Crippen LogP contribution in [-0.2, 0) is 19.6 Å². The van der Waals surface area contributed by atoms with Gasteiger partial charge in [0.15, 0.2) is 0 Å². The number of nitrogens with zero attached hydrogens (tertiary/aromatic N) is 1. The van der Waals surface area contributed by atoms with Gasteiger partial charge >= 0.3 is 5.97 Å². The maximum Gasteiger partial charge on any atom is 0.348 e. The number of hydrogen-bond donors (Lipinski definition) is 1. The van der Waals surface area contributed by atoms with Crippen LogP contribution in [0, 0.1) is 12.8 Å². The molecule has 0 bridgehead atoms. The molecule has 0 unspecified atom stereocenters. The quantitative estimate of drug-likeness (QED) is 0.579. The summed E-state index contributed by atoms with van der Waals surface area (Å²) in [5.74, 6) is -0.241. The summed E-state index contributed by atoms with van der Waals surface area (Å²) in [4.78, 5) is 25.4. The Morgan fingerprint density at radius 1 is 1.12 bits per heavy atom. The number of amides is 1. The summed E-state index contributed by atoms with van der Waals surface area (Å²) in [6.07, 6.45) is 0.856. The Balaban J connectivity index is 1.58. The number of benzene rings is 1. The lowest BCUT2D eigenvalue weighted by atomic mass is 9.97. The molecule has 1 aliphatic heterocycles. The van der Waals surface area contributed by atoms with Crippen molar-refractivity contribution in [1.82, 2.24) is 4.31 Å². The van der Waals surface area contributed by atoms with E-state index in [9.17, 15) is 18.0 Å². The van der Waals surface area contributed by atoms with Crippen LogP contribution in [-0.4, -0.2) is 50.9 Å². The molecule has 0 atom stereocenters. The lowest BCUT2D eigenvalue weighted by molar-refractivity contribution is -0.120. The van der Waals surface area contributed by atoms with E-state index in [1.54, 1.807) is 44.2 Å². The number of rotatable bonds is 8. The third-order valence-electron chi connectivity index (χ3n) is 5.22. The van der Waals surface area contributed by atoms with E-state index < -0.39 is 16.0 Å². The van der Waals surface area contributed by atoms with Crippen molar-refractivity contribution in [2.75, 3.05) is 31.6 Å². The number of nitrogens with one attached hydrogen (secondary N) is 1. The summed E-state index contributed by atoms with van der Waals surface area (Å²) in [7, 11) is -3.62. The third kappa shape index (κ3) is 5.48. The number of esters is 1. The first-order valence-corrected chi connectivity index (χ1v) is 12.8. The summed E-state index contributed by atoms with van der Waals surface area (Å²) in [5, 5.41) is 3.45. The first kappa shape index (κ1) is 24.2. The van der Waals surface area contributed by atoms with E-state index in [-0.39, 0.29) is 36.4 Å². The predicted molar refractivity (Wildman–Crippen MR) is 123 cm³/mol. The molecular weight excluding hydrogens is 452 g/mol. The van der Waals surface area contributed by atoms with Crippen LogP contribution in [0.3, 0.4) is 0 Å². The maximum absolute atomic E-state index is 12.9. The summed E-state index contributed by atoms with van der Waals surface area (Å²) in [6.45, 7) is 6.74. The molecule has 2 aromatic rings. The molecule has 174 valence electrons. The minimum Gasteiger partial charge on any atom is -0.494 e. The molecular formula is C22H28N2O6S2. The standard InChI is InChI=1S/C22H28N2O6S2/c1-4-29-17-6-8-18(9-7-17)32(27,28)24-12-10-16(11-13-24)21(25)23-19-14-15(3)20(31-19)22(26)30-5-2/h6-9,14,16H,4-5,10-13H2,1-3H3,(H,23,25). The Morgan fingerprint density at radius 3 is 2.38 bits per heavy atom. The van der Waals surface area contributed by atoms with Crippen molar-refractivity contribution in [3.63, 3.8) is 0 Å². The highest BCUT2D eigenvalue weighted by atomic mass is 32.2. The van der Waals surface area contributed by atoms with Gasteiger partial charge in [0, 0.05) is 19.0 Å². The Labute approximate surface area is 192 Å². The summed E-state index contributed by atoms with van der Waals surface area (Å²) in [5.41, 5.74) is 0.750. The lowest BCUT2D eigenvalue weighted by Crippen LogP contribution is -2.41. The number of anilines is 1. The second kappa shape index (κ2) is 10.5. The molecule has 8 nitrogen and oxygen atoms in total. The zero-order chi connectivity index (χ0) is 23.3. The monoisotopic (exact) mass is 480 g/mol. The van der Waals surface area contributed by atoms with E-state index in [0.29, 0.717) is 35.1 Å². The first-order chi connectivity index (χ1) is 15.3. The number of thiophene rings is 1. The average Bonchev–Trinajstić information content (AvgIpc) is 3.14. The molecule has 1 saturated heterocycles. The molecule has 1 aliphatic rings. The van der Waals surface area contributed by atoms with Crippen LogP contribution in [0.4, 0.5) is 5.00 Å². The molecule has 0 spiro atoms. The summed E-state index contributed by atoms with van der Waals surface area (Å²) >= 11 is 1.18. The van der Waals surface area contributed by atoms with Crippen molar-refractivity contribution in [3.05, 3.63) is 40.8 Å². The van der Waals surface area contributed by atoms with Crippen LogP contribution in [0.2, 0.25) is 0 Å². The molecule has 1 fully saturated rings. The van der Waals surface area contributed by atoms with Gasteiger partial charge in [-0.15, -0.1) is 11.3 Å². The van der Waals surface area contributed by atoms with Crippen LogP contribution in [0.1, 0.15) is 41.9 Å². The van der Waals surface area contributed by atoms with Gasteiger partial charge < -0.3 is 14.8 Å². The normalized spacial score (nSPS) is 15.3. The van der Waals surface area contributed by atoms with Gasteiger partial charge in [0.2, 0.25) is 15.9 Å². The highest BCUT2D eigenvalue weighted by Gasteiger charge is 2.32. The second-order valence-corrected chi connectivity index (χ2v) is 10.4. The van der Waals surface area contributed by atoms with Gasteiger partial charge in [-0.3, -0.25) is 4.79 Å². The fraction of sp³-hybridized carbons (Fsp3) is 0.455. The van der Waals surface area contributed by atoms with Crippen LogP contribution >= 0.6 is 11.3 Å². The number of aryl methyl sites for hydroxylation is 1. The van der Waals surface area contributed by atoms with E-state index in [4.69, 9.17) is 9.47 Å². The van der Waals surface area contributed by atoms with Crippen molar-refractivity contribution in [1.29, 1.82) is 0 Å². The number of piperidine rings is 1. The fourth-order valence-corrected chi connectivity index (χ4v) is 5.99. The Bertz CT molecular complexity index is 1050. The molecule has 2 heterocycles. The SMILES string of the molecule is CCOC(=O)c1sc(NC(=O)C2CCN(S(=O)(=O)c3ccc(OCC)cc3)CC2)cc1C. The number of hydrogen-bond acceptors (Lipinski definition) is 7. The minimum atomic E-state index is -3.62. The molecule has 10 heteroatoms. The Hall–Kier alpha value is -2.43. The van der Waals surface area contributed by atoms with Gasteiger partial charge in [0.25, 0.3) is 0 Å². The zero-order valence-electron chi connectivity index (χ0n) is 18.4. The molecule has 32 heavy (non-hydrogen) atoms. The van der Waals surface area contributed by atoms with E-state index in [1.807, 2.05) is 6.92 Å². The topological polar surface area (TPSA) is 102 Å². The van der Waals surface area contributed by atoms with E-state index in [2.05, 4.69) is 5.32 Å². The largest absolute Gasteiger partial charge is 0.494 e. The molecule has 0 aliphatic carbocycles. The average molecular weight is 481 g/mol. The molecule has 0 radical (unpaired) electrons. The number of ether oxygens (including phenoxy) is 2. The summed E-state index contributed by atoms with van der Waals surface area (Å²) in [6, 6.07) is 8.12. The molecule has 0 saturated carbocycles. The smallest absolute Gasteiger partial charge is 0.348 e. The van der Waals surface area contributed by atoms with Crippen LogP contribution in [0.25, 0.3) is 0 Å². The minimum absolute atomic E-state index is 0.167. The second-order valence-electron chi connectivity index (χ2n) is 7.42. The van der Waals surface area contributed by atoms with Crippen LogP contribution in [0.15, 0.2) is 35.2 Å². The van der Waals surface area contributed by atoms with Gasteiger partial charge in [-0.1, -0.05) is 0 Å². The number of carbonyl (C=O) groups excluding carboxylic acids is 2. The van der Waals surface area contributed by atoms with E-state index in [1.165, 1.54) is 15.6 Å². The van der Waals surface area contributed by atoms with Gasteiger partial charge in [-0.25, -0.2) is 13.2 Å². The van der Waals surface area contributed by atoms with E-state index >= 15 is 0 Å². The van der Waals surface area contributed by atoms with Crippen molar-refractivity contribution >= 4 is 38.2 Å². The molecule has 1 amide bonds. The van der Waals surface area contributed by atoms with Gasteiger partial charge in [0.1, 0.15) is 10.6 Å². The van der Waals surface area contributed by atoms with E-state index in [0.717, 1.165) is 5.56 Å². The molecule has 3 rings (SSSR count). The zero-order valence-corrected chi connectivity index (χ0v) is 20.1. The van der Waals surface area contributed by atoms with Crippen molar-refractivity contribution in [3.8, 4) is 5.75 Å². The highest BCUT2D eigenvalue weighted by Crippen LogP contribution is 2.30. The molecule has 1 aromatic heterocycles. The summed E-state index contributed by atoms with van der Waals surface area (Å²) < 4.78 is 37.7. The first-order valence-electron chi connectivity index (χ1n) is 10.6. The molecule has 1 N–H and O–H groups in total. The van der Waals surface area contributed by atoms with Gasteiger partial charge in [-0.05, 0) is 69.5 Å². The molecule has 1 aromatic carbocycles. The maximum atomic E-state index is 12.9. The Kier molecular flexibility index (Phi) is 7.91. The van der Waals surface area contributed by atoms with Crippen LogP contribution in [0.5, 0.6) is 5.75 Å².